The van der Waals surface area contributed by atoms with E-state index in [2.05, 4.69) is 42.6 Å². The number of rotatable bonds is 7. The van der Waals surface area contributed by atoms with Gasteiger partial charge < -0.3 is 10.2 Å². The molecule has 0 aliphatic carbocycles. The van der Waals surface area contributed by atoms with Gasteiger partial charge in [0.1, 0.15) is 17.5 Å². The number of sulfonamides is 1. The zero-order valence-corrected chi connectivity index (χ0v) is 16.7. The van der Waals surface area contributed by atoms with Gasteiger partial charge in [-0.2, -0.15) is 0 Å². The number of nitrogens with zero attached hydrogens (tertiary/aromatic N) is 3. The second-order valence-corrected chi connectivity index (χ2v) is 8.34. The fraction of sp³-hybridized carbons (Fsp3) is 0.333. The van der Waals surface area contributed by atoms with Crippen LogP contribution in [0, 0.1) is 10.5 Å². The molecule has 0 atom stereocenters. The Morgan fingerprint density at radius 2 is 1.79 bits per heavy atom. The summed E-state index contributed by atoms with van der Waals surface area (Å²) in [5.74, 6) is 2.12. The topological polar surface area (TPSA) is 87.2 Å². The SMILES string of the molecule is Cc1nc(NCCNS(=O)(=O)c2ccc(I)cc2)cc(N(C)C)n1. The standard InChI is InChI=1S/C15H20IN5O2S/c1-11-19-14(10-15(20-11)21(2)3)17-8-9-18-24(22,23)13-6-4-12(16)5-7-13/h4-7,10,18H,8-9H2,1-3H3,(H,17,19,20). The second-order valence-electron chi connectivity index (χ2n) is 5.33. The average molecular weight is 461 g/mol. The third-order valence-electron chi connectivity index (χ3n) is 3.13. The van der Waals surface area contributed by atoms with Crippen LogP contribution in [-0.4, -0.2) is 45.6 Å². The summed E-state index contributed by atoms with van der Waals surface area (Å²) in [7, 11) is 0.311. The maximum absolute atomic E-state index is 12.2. The highest BCUT2D eigenvalue weighted by Crippen LogP contribution is 2.13. The van der Waals surface area contributed by atoms with Gasteiger partial charge in [-0.1, -0.05) is 0 Å². The molecule has 0 amide bonds. The summed E-state index contributed by atoms with van der Waals surface area (Å²) in [6.07, 6.45) is 0. The average Bonchev–Trinajstić information content (AvgIpc) is 2.51. The van der Waals surface area contributed by atoms with Gasteiger partial charge in [-0.15, -0.1) is 0 Å². The molecule has 2 aromatic rings. The largest absolute Gasteiger partial charge is 0.369 e. The van der Waals surface area contributed by atoms with Crippen molar-refractivity contribution in [2.45, 2.75) is 11.8 Å². The third-order valence-corrected chi connectivity index (χ3v) is 5.33. The van der Waals surface area contributed by atoms with Crippen molar-refractivity contribution in [1.82, 2.24) is 14.7 Å². The normalized spacial score (nSPS) is 11.3. The van der Waals surface area contributed by atoms with Gasteiger partial charge in [-0.25, -0.2) is 23.1 Å². The first kappa shape index (κ1) is 18.9. The number of hydrogen-bond donors (Lipinski definition) is 2. The molecule has 0 spiro atoms. The van der Waals surface area contributed by atoms with Crippen LogP contribution in [0.4, 0.5) is 11.6 Å². The van der Waals surface area contributed by atoms with Crippen molar-refractivity contribution in [2.75, 3.05) is 37.4 Å². The van der Waals surface area contributed by atoms with E-state index in [9.17, 15) is 8.42 Å². The molecule has 1 heterocycles. The van der Waals surface area contributed by atoms with Crippen LogP contribution >= 0.6 is 22.6 Å². The van der Waals surface area contributed by atoms with Crippen molar-refractivity contribution in [3.63, 3.8) is 0 Å². The minimum absolute atomic E-state index is 0.259. The van der Waals surface area contributed by atoms with E-state index in [0.29, 0.717) is 18.2 Å². The number of anilines is 2. The van der Waals surface area contributed by atoms with E-state index in [1.54, 1.807) is 24.3 Å². The lowest BCUT2D eigenvalue weighted by atomic mass is 10.4. The maximum atomic E-state index is 12.2. The number of aryl methyl sites for hydroxylation is 1. The van der Waals surface area contributed by atoms with Crippen LogP contribution < -0.4 is 14.9 Å². The molecule has 1 aromatic heterocycles. The molecule has 130 valence electrons. The van der Waals surface area contributed by atoms with Gasteiger partial charge in [-0.05, 0) is 53.8 Å². The van der Waals surface area contributed by atoms with Crippen LogP contribution in [0.1, 0.15) is 5.82 Å². The molecule has 2 rings (SSSR count). The predicted molar refractivity (Wildman–Crippen MR) is 104 cm³/mol. The van der Waals surface area contributed by atoms with Crippen LogP contribution in [-0.2, 0) is 10.0 Å². The fourth-order valence-corrected chi connectivity index (χ4v) is 3.34. The van der Waals surface area contributed by atoms with Crippen LogP contribution in [0.25, 0.3) is 0 Å². The molecule has 2 N–H and O–H groups in total. The maximum Gasteiger partial charge on any atom is 0.240 e. The van der Waals surface area contributed by atoms with Crippen LogP contribution in [0.3, 0.4) is 0 Å². The van der Waals surface area contributed by atoms with Crippen molar-refractivity contribution >= 4 is 44.2 Å². The first-order chi connectivity index (χ1) is 11.3. The molecular formula is C15H20IN5O2S. The number of hydrogen-bond acceptors (Lipinski definition) is 6. The lowest BCUT2D eigenvalue weighted by molar-refractivity contribution is 0.583. The minimum atomic E-state index is -3.50. The van der Waals surface area contributed by atoms with Gasteiger partial charge in [-0.3, -0.25) is 0 Å². The molecule has 7 nitrogen and oxygen atoms in total. The van der Waals surface area contributed by atoms with Crippen LogP contribution in [0.2, 0.25) is 0 Å². The Kier molecular flexibility index (Phi) is 6.35. The highest BCUT2D eigenvalue weighted by atomic mass is 127. The van der Waals surface area contributed by atoms with E-state index in [0.717, 1.165) is 9.39 Å². The van der Waals surface area contributed by atoms with Crippen LogP contribution in [0.15, 0.2) is 35.2 Å². The second kappa shape index (κ2) is 8.08. The summed E-state index contributed by atoms with van der Waals surface area (Å²) in [5, 5.41) is 3.11. The molecule has 0 fully saturated rings. The molecular weight excluding hydrogens is 441 g/mol. The predicted octanol–water partition coefficient (Wildman–Crippen LogP) is 1.85. The zero-order valence-electron chi connectivity index (χ0n) is 13.7. The molecule has 0 bridgehead atoms. The Bertz CT molecular complexity index is 794. The number of halogens is 1. The van der Waals surface area contributed by atoms with Gasteiger partial charge in [0, 0.05) is 36.8 Å². The van der Waals surface area contributed by atoms with E-state index in [-0.39, 0.29) is 11.4 Å². The number of aromatic nitrogens is 2. The summed E-state index contributed by atoms with van der Waals surface area (Å²) < 4.78 is 27.9. The molecule has 0 unspecified atom stereocenters. The summed E-state index contributed by atoms with van der Waals surface area (Å²) in [4.78, 5) is 10.7. The van der Waals surface area contributed by atoms with E-state index in [1.807, 2.05) is 32.0 Å². The van der Waals surface area contributed by atoms with E-state index in [1.165, 1.54) is 0 Å². The Morgan fingerprint density at radius 1 is 1.12 bits per heavy atom. The molecule has 9 heteroatoms. The van der Waals surface area contributed by atoms with Crippen molar-refractivity contribution in [1.29, 1.82) is 0 Å². The number of nitrogens with one attached hydrogen (secondary N) is 2. The quantitative estimate of drug-likeness (QED) is 0.484. The van der Waals surface area contributed by atoms with Crippen molar-refractivity contribution < 1.29 is 8.42 Å². The molecule has 0 radical (unpaired) electrons. The van der Waals surface area contributed by atoms with Gasteiger partial charge in [0.25, 0.3) is 0 Å². The van der Waals surface area contributed by atoms with Gasteiger partial charge in [0.05, 0.1) is 4.90 Å². The summed E-state index contributed by atoms with van der Waals surface area (Å²) >= 11 is 2.13. The Hall–Kier alpha value is -1.46. The monoisotopic (exact) mass is 461 g/mol. The number of benzene rings is 1. The van der Waals surface area contributed by atoms with Crippen molar-refractivity contribution in [3.05, 3.63) is 39.7 Å². The first-order valence-electron chi connectivity index (χ1n) is 7.30. The van der Waals surface area contributed by atoms with Crippen LogP contribution in [0.5, 0.6) is 0 Å². The molecule has 0 saturated carbocycles. The molecule has 0 saturated heterocycles. The lowest BCUT2D eigenvalue weighted by Gasteiger charge is -2.14. The molecule has 1 aromatic carbocycles. The highest BCUT2D eigenvalue weighted by Gasteiger charge is 2.12. The zero-order chi connectivity index (χ0) is 17.7. The molecule has 0 aliphatic rings. The first-order valence-corrected chi connectivity index (χ1v) is 9.86. The summed E-state index contributed by atoms with van der Waals surface area (Å²) in [6, 6.07) is 8.53. The van der Waals surface area contributed by atoms with Crippen molar-refractivity contribution in [3.8, 4) is 0 Å². The highest BCUT2D eigenvalue weighted by molar-refractivity contribution is 14.1. The van der Waals surface area contributed by atoms with Crippen molar-refractivity contribution in [2.24, 2.45) is 0 Å². The fourth-order valence-electron chi connectivity index (χ4n) is 1.94. The van der Waals surface area contributed by atoms with E-state index in [4.69, 9.17) is 0 Å². The van der Waals surface area contributed by atoms with Gasteiger partial charge >= 0.3 is 0 Å². The Labute approximate surface area is 156 Å². The van der Waals surface area contributed by atoms with E-state index >= 15 is 0 Å². The summed E-state index contributed by atoms with van der Waals surface area (Å²) in [5.41, 5.74) is 0. The van der Waals surface area contributed by atoms with Gasteiger partial charge in [0.15, 0.2) is 0 Å². The molecule has 0 aliphatic heterocycles. The van der Waals surface area contributed by atoms with Gasteiger partial charge in [0.2, 0.25) is 10.0 Å². The summed E-state index contributed by atoms with van der Waals surface area (Å²) in [6.45, 7) is 2.50. The minimum Gasteiger partial charge on any atom is -0.369 e. The Balaban J connectivity index is 1.92. The Morgan fingerprint density at radius 3 is 2.42 bits per heavy atom. The third kappa shape index (κ3) is 5.28. The molecule has 24 heavy (non-hydrogen) atoms. The lowest BCUT2D eigenvalue weighted by Crippen LogP contribution is -2.29. The van der Waals surface area contributed by atoms with E-state index < -0.39 is 10.0 Å². The smallest absolute Gasteiger partial charge is 0.240 e.